The monoisotopic (exact) mass is 140 g/mol. The molecule has 5 heteroatoms. The number of alkyl halides is 3. The zero-order valence-electron chi connectivity index (χ0n) is 4.14. The minimum absolute atomic E-state index is 0.0417. The van der Waals surface area contributed by atoms with Crippen LogP contribution in [0.15, 0.2) is 12.3 Å². The summed E-state index contributed by atoms with van der Waals surface area (Å²) in [6, 6.07) is 0. The van der Waals surface area contributed by atoms with E-state index in [0.29, 0.717) is 0 Å². The van der Waals surface area contributed by atoms with Crippen molar-refractivity contribution >= 4 is 5.78 Å². The Bertz CT molecular complexity index is 135. The molecule has 2 nitrogen and oxygen atoms in total. The van der Waals surface area contributed by atoms with Crippen LogP contribution in [0.3, 0.4) is 0 Å². The number of aliphatic hydroxyl groups excluding tert-OH is 1. The van der Waals surface area contributed by atoms with E-state index in [-0.39, 0.29) is 12.3 Å². The molecule has 0 spiro atoms. The maximum absolute atomic E-state index is 11.1. The third kappa shape index (κ3) is 2.73. The first kappa shape index (κ1) is 8.00. The van der Waals surface area contributed by atoms with Crippen molar-refractivity contribution in [2.75, 3.05) is 0 Å². The molecule has 0 heterocycles. The third-order valence-corrected chi connectivity index (χ3v) is 0.505. The first-order valence-corrected chi connectivity index (χ1v) is 1.90. The molecule has 0 aromatic carbocycles. The van der Waals surface area contributed by atoms with Crippen LogP contribution in [-0.4, -0.2) is 17.1 Å². The van der Waals surface area contributed by atoms with Crippen molar-refractivity contribution in [3.8, 4) is 0 Å². The molecular weight excluding hydrogens is 137 g/mol. The zero-order chi connectivity index (χ0) is 7.49. The fraction of sp³-hybridized carbons (Fsp3) is 0.250. The van der Waals surface area contributed by atoms with Crippen LogP contribution in [-0.2, 0) is 4.79 Å². The molecule has 0 aliphatic carbocycles. The second-order valence-corrected chi connectivity index (χ2v) is 1.18. The van der Waals surface area contributed by atoms with Gasteiger partial charge in [-0.25, -0.2) is 0 Å². The molecule has 52 valence electrons. The lowest BCUT2D eigenvalue weighted by Gasteiger charge is -1.97. The van der Waals surface area contributed by atoms with E-state index in [2.05, 4.69) is 0 Å². The Hall–Kier alpha value is -1.00. The van der Waals surface area contributed by atoms with Crippen molar-refractivity contribution in [2.24, 2.45) is 0 Å². The largest absolute Gasteiger partial charge is 0.515 e. The summed E-state index contributed by atoms with van der Waals surface area (Å²) in [6.45, 7) is 0. The second kappa shape index (κ2) is 2.52. The van der Waals surface area contributed by atoms with Crippen molar-refractivity contribution in [3.05, 3.63) is 12.3 Å². The Balaban J connectivity index is 4.06. The minimum atomic E-state index is -4.88. The van der Waals surface area contributed by atoms with Gasteiger partial charge in [0.15, 0.2) is 0 Å². The van der Waals surface area contributed by atoms with E-state index < -0.39 is 12.0 Å². The Morgan fingerprint density at radius 1 is 1.44 bits per heavy atom. The van der Waals surface area contributed by atoms with Gasteiger partial charge in [-0.05, 0) is 0 Å². The van der Waals surface area contributed by atoms with Gasteiger partial charge in [-0.3, -0.25) is 4.79 Å². The summed E-state index contributed by atoms with van der Waals surface area (Å²) in [6.07, 6.45) is -4.78. The minimum Gasteiger partial charge on any atom is -0.515 e. The van der Waals surface area contributed by atoms with Gasteiger partial charge in [0, 0.05) is 6.08 Å². The molecule has 0 aromatic rings. The SMILES string of the molecule is O=C(/C=C\O)C(F)(F)F. The van der Waals surface area contributed by atoms with Crippen LogP contribution in [0.2, 0.25) is 0 Å². The zero-order valence-corrected chi connectivity index (χ0v) is 4.14. The highest BCUT2D eigenvalue weighted by molar-refractivity contribution is 5.94. The number of hydrogen-bond donors (Lipinski definition) is 1. The fourth-order valence-corrected chi connectivity index (χ4v) is 0.162. The number of carbonyl (C=O) groups is 1. The molecule has 0 rings (SSSR count). The topological polar surface area (TPSA) is 37.3 Å². The lowest BCUT2D eigenvalue weighted by atomic mass is 10.4. The molecule has 0 atom stereocenters. The highest BCUT2D eigenvalue weighted by atomic mass is 19.4. The molecule has 0 saturated heterocycles. The van der Waals surface area contributed by atoms with Gasteiger partial charge in [0.05, 0.1) is 6.26 Å². The van der Waals surface area contributed by atoms with E-state index in [1.807, 2.05) is 0 Å². The number of rotatable bonds is 1. The lowest BCUT2D eigenvalue weighted by Crippen LogP contribution is -2.19. The van der Waals surface area contributed by atoms with Crippen LogP contribution >= 0.6 is 0 Å². The highest BCUT2D eigenvalue weighted by Gasteiger charge is 2.36. The number of carbonyl (C=O) groups excluding carboxylic acids is 1. The molecule has 0 bridgehead atoms. The number of hydrogen-bond acceptors (Lipinski definition) is 2. The van der Waals surface area contributed by atoms with Crippen LogP contribution in [0.4, 0.5) is 13.2 Å². The average Bonchev–Trinajstić information content (AvgIpc) is 1.64. The van der Waals surface area contributed by atoms with E-state index >= 15 is 0 Å². The van der Waals surface area contributed by atoms with E-state index in [4.69, 9.17) is 5.11 Å². The van der Waals surface area contributed by atoms with Crippen LogP contribution < -0.4 is 0 Å². The van der Waals surface area contributed by atoms with Crippen molar-refractivity contribution in [2.45, 2.75) is 6.18 Å². The summed E-state index contributed by atoms with van der Waals surface area (Å²) in [5.41, 5.74) is 0. The fourth-order valence-electron chi connectivity index (χ4n) is 0.162. The Morgan fingerprint density at radius 2 is 1.89 bits per heavy atom. The molecule has 9 heavy (non-hydrogen) atoms. The van der Waals surface area contributed by atoms with Gasteiger partial charge in [-0.15, -0.1) is 0 Å². The van der Waals surface area contributed by atoms with Crippen LogP contribution in [0, 0.1) is 0 Å². The smallest absolute Gasteiger partial charge is 0.454 e. The highest BCUT2D eigenvalue weighted by Crippen LogP contribution is 2.15. The van der Waals surface area contributed by atoms with Gasteiger partial charge < -0.3 is 5.11 Å². The molecule has 0 radical (unpaired) electrons. The molecule has 0 fully saturated rings. The predicted molar refractivity (Wildman–Crippen MR) is 22.8 cm³/mol. The standard InChI is InChI=1S/C4H3F3O2/c5-4(6,7)3(9)1-2-8/h1-2,8H/b2-1-. The van der Waals surface area contributed by atoms with E-state index in [9.17, 15) is 18.0 Å². The van der Waals surface area contributed by atoms with Gasteiger partial charge in [-0.1, -0.05) is 0 Å². The molecule has 0 aliphatic heterocycles. The third-order valence-electron chi connectivity index (χ3n) is 0.505. The maximum Gasteiger partial charge on any atom is 0.454 e. The second-order valence-electron chi connectivity index (χ2n) is 1.18. The number of allylic oxidation sites excluding steroid dienone is 1. The van der Waals surface area contributed by atoms with E-state index in [1.54, 1.807) is 0 Å². The quantitative estimate of drug-likeness (QED) is 0.438. The summed E-state index contributed by atoms with van der Waals surface area (Å²) in [5.74, 6) is -2.06. The summed E-state index contributed by atoms with van der Waals surface area (Å²) < 4.78 is 33.4. The van der Waals surface area contributed by atoms with Gasteiger partial charge in [0.25, 0.3) is 5.78 Å². The normalized spacial score (nSPS) is 12.3. The van der Waals surface area contributed by atoms with Crippen molar-refractivity contribution in [3.63, 3.8) is 0 Å². The number of halogens is 3. The summed E-state index contributed by atoms with van der Waals surface area (Å²) >= 11 is 0. The predicted octanol–water partition coefficient (Wildman–Crippen LogP) is 1.19. The maximum atomic E-state index is 11.1. The van der Waals surface area contributed by atoms with Crippen LogP contribution in [0.5, 0.6) is 0 Å². The van der Waals surface area contributed by atoms with Crippen molar-refractivity contribution in [1.29, 1.82) is 0 Å². The van der Waals surface area contributed by atoms with Crippen molar-refractivity contribution < 1.29 is 23.1 Å². The van der Waals surface area contributed by atoms with Crippen molar-refractivity contribution in [1.82, 2.24) is 0 Å². The average molecular weight is 140 g/mol. The first-order valence-electron chi connectivity index (χ1n) is 1.90. The molecular formula is C4H3F3O2. The molecule has 0 unspecified atom stereocenters. The van der Waals surface area contributed by atoms with Crippen LogP contribution in [0.1, 0.15) is 0 Å². The van der Waals surface area contributed by atoms with E-state index in [0.717, 1.165) is 0 Å². The van der Waals surface area contributed by atoms with E-state index in [1.165, 1.54) is 0 Å². The first-order chi connectivity index (χ1) is 3.98. The summed E-state index contributed by atoms with van der Waals surface area (Å²) in [7, 11) is 0. The molecule has 0 saturated carbocycles. The Labute approximate surface area is 48.6 Å². The summed E-state index contributed by atoms with van der Waals surface area (Å²) in [5, 5.41) is 7.70. The Kier molecular flexibility index (Phi) is 2.24. The van der Waals surface area contributed by atoms with Gasteiger partial charge in [0.2, 0.25) is 0 Å². The summed E-state index contributed by atoms with van der Waals surface area (Å²) in [4.78, 5) is 9.69. The molecule has 0 aliphatic rings. The number of aliphatic hydroxyl groups is 1. The Morgan fingerprint density at radius 3 is 2.00 bits per heavy atom. The number of ketones is 1. The molecule has 1 N–H and O–H groups in total. The van der Waals surface area contributed by atoms with Crippen LogP contribution in [0.25, 0.3) is 0 Å². The lowest BCUT2D eigenvalue weighted by molar-refractivity contribution is -0.165. The van der Waals surface area contributed by atoms with Gasteiger partial charge in [0.1, 0.15) is 0 Å². The van der Waals surface area contributed by atoms with Gasteiger partial charge in [-0.2, -0.15) is 13.2 Å². The molecule has 0 aromatic heterocycles. The van der Waals surface area contributed by atoms with Gasteiger partial charge >= 0.3 is 6.18 Å². The molecule has 0 amide bonds.